The van der Waals surface area contributed by atoms with E-state index in [1.165, 1.54) is 13.3 Å². The molecular formula is C26H36N3O9PS. The monoisotopic (exact) mass is 597 g/mol. The number of rotatable bonds is 14. The number of aliphatic hydroxyl groups is 2. The molecule has 0 amide bonds. The Labute approximate surface area is 237 Å². The lowest BCUT2D eigenvalue weighted by molar-refractivity contribution is -0.149. The van der Waals surface area contributed by atoms with Gasteiger partial charge in [0.1, 0.15) is 24.0 Å². The van der Waals surface area contributed by atoms with Gasteiger partial charge in [0.25, 0.3) is 5.56 Å². The van der Waals surface area contributed by atoms with Crippen LogP contribution in [-0.2, 0) is 37.1 Å². The molecule has 4 N–H and O–H groups in total. The molecule has 0 aliphatic rings. The van der Waals surface area contributed by atoms with Gasteiger partial charge in [0.05, 0.1) is 19.3 Å². The van der Waals surface area contributed by atoms with Crippen LogP contribution in [0.4, 0.5) is 0 Å². The summed E-state index contributed by atoms with van der Waals surface area (Å²) >= 11 is 5.68. The average Bonchev–Trinajstić information content (AvgIpc) is 2.89. The van der Waals surface area contributed by atoms with Crippen LogP contribution in [0.25, 0.3) is 0 Å². The van der Waals surface area contributed by atoms with Crippen LogP contribution in [0.1, 0.15) is 34.1 Å². The van der Waals surface area contributed by atoms with Gasteiger partial charge in [-0.05, 0) is 44.7 Å². The molecular weight excluding hydrogens is 561 g/mol. The Kier molecular flexibility index (Phi) is 12.7. The quantitative estimate of drug-likeness (QED) is 0.141. The van der Waals surface area contributed by atoms with E-state index in [9.17, 15) is 24.6 Å². The number of nitrogens with one attached hydrogen (secondary N) is 2. The number of aromatic amines is 1. The van der Waals surface area contributed by atoms with Crippen molar-refractivity contribution < 1.29 is 33.5 Å². The molecule has 0 radical (unpaired) electrons. The fraction of sp³-hybridized carbons (Fsp3) is 0.500. The largest absolute Gasteiger partial charge is 0.462 e. The number of methoxy groups -OCH3 is 1. The van der Waals surface area contributed by atoms with E-state index in [1.807, 2.05) is 0 Å². The first kappa shape index (κ1) is 33.4. The van der Waals surface area contributed by atoms with Gasteiger partial charge < -0.3 is 28.7 Å². The maximum atomic E-state index is 12.5. The number of hydrogen-bond acceptors (Lipinski definition) is 10. The Morgan fingerprint density at radius 2 is 1.90 bits per heavy atom. The van der Waals surface area contributed by atoms with Crippen LogP contribution in [0.15, 0.2) is 52.2 Å². The Bertz CT molecular complexity index is 1340. The van der Waals surface area contributed by atoms with Gasteiger partial charge in [-0.1, -0.05) is 31.0 Å². The van der Waals surface area contributed by atoms with E-state index in [0.29, 0.717) is 12.2 Å². The number of H-pyrrole nitrogens is 1. The third-order valence-electron chi connectivity index (χ3n) is 5.37. The van der Waals surface area contributed by atoms with Gasteiger partial charge in [-0.2, -0.15) is 0 Å². The summed E-state index contributed by atoms with van der Waals surface area (Å²) in [6.07, 6.45) is -1.74. The van der Waals surface area contributed by atoms with E-state index in [1.54, 1.807) is 58.0 Å². The molecule has 1 aromatic heterocycles. The molecule has 1 unspecified atom stereocenters. The normalized spacial score (nSPS) is 16.5. The van der Waals surface area contributed by atoms with Crippen LogP contribution in [0.5, 0.6) is 5.75 Å². The van der Waals surface area contributed by atoms with E-state index in [2.05, 4.69) is 21.9 Å². The van der Waals surface area contributed by atoms with Gasteiger partial charge in [-0.25, -0.2) is 9.88 Å². The van der Waals surface area contributed by atoms with Gasteiger partial charge in [-0.3, -0.25) is 19.1 Å². The first-order chi connectivity index (χ1) is 18.8. The zero-order chi connectivity index (χ0) is 29.9. The Balaban J connectivity index is 2.32. The van der Waals surface area contributed by atoms with Crippen molar-refractivity contribution in [3.05, 3.63) is 63.4 Å². The van der Waals surface area contributed by atoms with Crippen LogP contribution in [0.2, 0.25) is 0 Å². The summed E-state index contributed by atoms with van der Waals surface area (Å²) < 4.78 is 23.6. The highest BCUT2D eigenvalue weighted by Gasteiger charge is 2.42. The highest BCUT2D eigenvalue weighted by molar-refractivity contribution is 8.09. The van der Waals surface area contributed by atoms with Gasteiger partial charge >= 0.3 is 18.3 Å². The fourth-order valence-corrected chi connectivity index (χ4v) is 5.80. The molecule has 1 aromatic carbocycles. The molecule has 2 aromatic rings. The van der Waals surface area contributed by atoms with Crippen molar-refractivity contribution in [1.82, 2.24) is 14.6 Å². The van der Waals surface area contributed by atoms with E-state index < -0.39 is 60.9 Å². The van der Waals surface area contributed by atoms with Crippen molar-refractivity contribution in [2.45, 2.75) is 70.6 Å². The molecule has 0 saturated carbocycles. The summed E-state index contributed by atoms with van der Waals surface area (Å²) in [5.74, 6) is 5.12. The molecule has 0 fully saturated rings. The maximum absolute atomic E-state index is 12.5. The number of aromatic nitrogens is 2. The molecule has 0 bridgehead atoms. The van der Waals surface area contributed by atoms with Crippen LogP contribution in [0, 0.1) is 11.8 Å². The van der Waals surface area contributed by atoms with Crippen molar-refractivity contribution in [2.75, 3.05) is 13.7 Å². The summed E-state index contributed by atoms with van der Waals surface area (Å²) in [7, 11) is 1.29. The second kappa shape index (κ2) is 15.3. The predicted molar refractivity (Wildman–Crippen MR) is 152 cm³/mol. The molecule has 5 atom stereocenters. The summed E-state index contributed by atoms with van der Waals surface area (Å²) in [5, 5.41) is 25.5. The van der Waals surface area contributed by atoms with E-state index >= 15 is 0 Å². The summed E-state index contributed by atoms with van der Waals surface area (Å²) in [4.78, 5) is 38.2. The second-order valence-electron chi connectivity index (χ2n) is 9.07. The molecule has 2 rings (SSSR count). The van der Waals surface area contributed by atoms with Gasteiger partial charge in [-0.15, -0.1) is 5.92 Å². The Hall–Kier alpha value is -2.82. The predicted octanol–water partition coefficient (Wildman–Crippen LogP) is 1.31. The second-order valence-corrected chi connectivity index (χ2v) is 12.2. The van der Waals surface area contributed by atoms with Crippen LogP contribution in [0.3, 0.4) is 0 Å². The first-order valence-electron chi connectivity index (χ1n) is 12.5. The highest BCUT2D eigenvalue weighted by atomic mass is 32.5. The minimum Gasteiger partial charge on any atom is -0.462 e. The summed E-state index contributed by atoms with van der Waals surface area (Å²) in [5.41, 5.74) is -3.59. The lowest BCUT2D eigenvalue weighted by Crippen LogP contribution is -2.54. The van der Waals surface area contributed by atoms with Crippen molar-refractivity contribution >= 4 is 24.4 Å². The number of carbonyl (C=O) groups excluding carboxylic acids is 1. The number of esters is 1. The Morgan fingerprint density at radius 3 is 2.48 bits per heavy atom. The lowest BCUT2D eigenvalue weighted by Gasteiger charge is -2.34. The lowest BCUT2D eigenvalue weighted by atomic mass is 9.92. The van der Waals surface area contributed by atoms with Crippen LogP contribution < -0.4 is 20.9 Å². The molecule has 0 saturated heterocycles. The number of carbonyl (C=O) groups is 1. The number of para-hydroxylation sites is 1. The van der Waals surface area contributed by atoms with E-state index in [4.69, 9.17) is 30.3 Å². The molecule has 40 heavy (non-hydrogen) atoms. The third kappa shape index (κ3) is 9.98. The summed E-state index contributed by atoms with van der Waals surface area (Å²) in [6.45, 7) is 2.37. The third-order valence-corrected chi connectivity index (χ3v) is 7.87. The number of ether oxygens (including phenoxy) is 2. The Morgan fingerprint density at radius 1 is 1.23 bits per heavy atom. The number of hydrogen-bond donors (Lipinski definition) is 4. The van der Waals surface area contributed by atoms with E-state index in [0.717, 1.165) is 10.6 Å². The molecule has 0 aliphatic carbocycles. The number of nitrogens with zero attached hydrogens (tertiary/aromatic N) is 1. The molecule has 0 spiro atoms. The van der Waals surface area contributed by atoms with Crippen LogP contribution >= 0.6 is 6.64 Å². The zero-order valence-electron chi connectivity index (χ0n) is 23.0. The average molecular weight is 598 g/mol. The topological polar surface area (TPSA) is 161 Å². The molecule has 1 heterocycles. The molecule has 12 nitrogen and oxygen atoms in total. The molecule has 220 valence electrons. The minimum atomic E-state index is -3.48. The van der Waals surface area contributed by atoms with Gasteiger partial charge in [0.15, 0.2) is 5.60 Å². The summed E-state index contributed by atoms with van der Waals surface area (Å²) in [6, 6.07) is 8.78. The fourth-order valence-electron chi connectivity index (χ4n) is 3.38. The van der Waals surface area contributed by atoms with Gasteiger partial charge in [0, 0.05) is 25.8 Å². The van der Waals surface area contributed by atoms with Crippen molar-refractivity contribution in [3.8, 4) is 17.6 Å². The number of benzene rings is 1. The SMILES string of the molecule is CCC#C[C@](O)(Cn1ccc(=O)[nH]c1=O)[C@H](O)[C@@H](COP(=S)(N[C@@H](C)C(=O)OC(C)C)Oc1ccccc1)OC. The standard InChI is InChI=1S/C26H36N3O9PS/c1-6-7-14-26(34,17-29-15-13-22(30)27-25(29)33)23(31)21(35-5)16-36-39(40,38-20-11-9-8-10-12-20)28-19(4)24(32)37-18(2)3/h8-13,15,18-19,21,23,31,34H,6,16-17H2,1-5H3,(H,28,40)(H,27,30,33)/t19-,21+,23+,26-,39?/m0/s1. The van der Waals surface area contributed by atoms with E-state index in [-0.39, 0.29) is 6.10 Å². The molecule has 0 aliphatic heterocycles. The highest BCUT2D eigenvalue weighted by Crippen LogP contribution is 2.45. The van der Waals surface area contributed by atoms with Crippen molar-refractivity contribution in [3.63, 3.8) is 0 Å². The smallest absolute Gasteiger partial charge is 0.328 e. The maximum Gasteiger partial charge on any atom is 0.328 e. The molecule has 14 heteroatoms. The number of aliphatic hydroxyl groups excluding tert-OH is 1. The van der Waals surface area contributed by atoms with Gasteiger partial charge in [0.2, 0.25) is 0 Å². The van der Waals surface area contributed by atoms with Crippen molar-refractivity contribution in [1.29, 1.82) is 0 Å². The van der Waals surface area contributed by atoms with Crippen molar-refractivity contribution in [2.24, 2.45) is 0 Å². The minimum absolute atomic E-state index is 0.351. The van der Waals surface area contributed by atoms with Crippen LogP contribution in [-0.4, -0.2) is 69.4 Å². The first-order valence-corrected chi connectivity index (χ1v) is 15.2. The zero-order valence-corrected chi connectivity index (χ0v) is 24.7.